The van der Waals surface area contributed by atoms with Crippen LogP contribution >= 0.6 is 0 Å². The Morgan fingerprint density at radius 2 is 1.80 bits per heavy atom. The smallest absolute Gasteiger partial charge is 0.123 e. The zero-order valence-corrected chi connectivity index (χ0v) is 14.2. The number of aryl methyl sites for hydroxylation is 1. The minimum absolute atomic E-state index is 0.167. The molecular weight excluding hydrogens is 246 g/mol. The Hall–Kier alpha value is -1.02. The Morgan fingerprint density at radius 3 is 2.35 bits per heavy atom. The van der Waals surface area contributed by atoms with Crippen molar-refractivity contribution in [2.24, 2.45) is 5.92 Å². The topological polar surface area (TPSA) is 21.3 Å². The lowest BCUT2D eigenvalue weighted by Gasteiger charge is -2.24. The summed E-state index contributed by atoms with van der Waals surface area (Å²) in [6, 6.07) is 6.50. The summed E-state index contributed by atoms with van der Waals surface area (Å²) in [4.78, 5) is 0. The first-order valence-corrected chi connectivity index (χ1v) is 7.67. The van der Waals surface area contributed by atoms with Crippen molar-refractivity contribution in [3.05, 3.63) is 29.3 Å². The summed E-state index contributed by atoms with van der Waals surface area (Å²) in [6.07, 6.45) is 0. The quantitative estimate of drug-likeness (QED) is 0.825. The number of nitrogens with one attached hydrogen (secondary N) is 1. The molecule has 2 heteroatoms. The Labute approximate surface area is 124 Å². The molecule has 0 aliphatic carbocycles. The van der Waals surface area contributed by atoms with Gasteiger partial charge in [0.2, 0.25) is 0 Å². The van der Waals surface area contributed by atoms with Crippen molar-refractivity contribution in [2.75, 3.05) is 13.2 Å². The van der Waals surface area contributed by atoms with Crippen molar-refractivity contribution in [3.63, 3.8) is 0 Å². The van der Waals surface area contributed by atoms with Crippen LogP contribution in [-0.2, 0) is 0 Å². The van der Waals surface area contributed by atoms with Crippen molar-refractivity contribution >= 4 is 0 Å². The molecule has 0 amide bonds. The van der Waals surface area contributed by atoms with Gasteiger partial charge in [0, 0.05) is 18.0 Å². The fourth-order valence-corrected chi connectivity index (χ4v) is 2.01. The van der Waals surface area contributed by atoms with Crippen LogP contribution in [0.3, 0.4) is 0 Å². The fraction of sp³-hybridized carbons (Fsp3) is 0.667. The van der Waals surface area contributed by atoms with Gasteiger partial charge in [0.25, 0.3) is 0 Å². The van der Waals surface area contributed by atoms with E-state index in [2.05, 4.69) is 72.0 Å². The molecule has 20 heavy (non-hydrogen) atoms. The molecule has 0 spiro atoms. The fourth-order valence-electron chi connectivity index (χ4n) is 2.01. The van der Waals surface area contributed by atoms with Crippen LogP contribution in [-0.4, -0.2) is 18.7 Å². The molecule has 2 nitrogen and oxygen atoms in total. The minimum Gasteiger partial charge on any atom is -0.493 e. The zero-order valence-electron chi connectivity index (χ0n) is 14.2. The molecule has 0 aliphatic rings. The molecule has 0 bridgehead atoms. The van der Waals surface area contributed by atoms with Crippen LogP contribution in [0, 0.1) is 12.8 Å². The minimum atomic E-state index is 0.167. The average Bonchev–Trinajstić information content (AvgIpc) is 2.32. The Morgan fingerprint density at radius 1 is 1.15 bits per heavy atom. The van der Waals surface area contributed by atoms with Gasteiger partial charge in [-0.1, -0.05) is 32.9 Å². The van der Waals surface area contributed by atoms with Gasteiger partial charge in [0.15, 0.2) is 0 Å². The molecule has 1 aromatic rings. The predicted octanol–water partition coefficient (Wildman–Crippen LogP) is 4.52. The molecule has 1 N–H and O–H groups in total. The summed E-state index contributed by atoms with van der Waals surface area (Å²) in [5, 5.41) is 3.53. The van der Waals surface area contributed by atoms with Crippen molar-refractivity contribution < 1.29 is 4.74 Å². The van der Waals surface area contributed by atoms with E-state index in [1.807, 2.05) is 0 Å². The SMILES string of the molecule is Cc1ccc(C(C)C)c(OCC(C)CNC(C)(C)C)c1. The average molecular weight is 277 g/mol. The first-order valence-electron chi connectivity index (χ1n) is 7.67. The molecule has 0 heterocycles. The van der Waals surface area contributed by atoms with Crippen LogP contribution in [0.4, 0.5) is 0 Å². The van der Waals surface area contributed by atoms with Gasteiger partial charge in [-0.05, 0) is 50.8 Å². The van der Waals surface area contributed by atoms with Gasteiger partial charge in [-0.15, -0.1) is 0 Å². The van der Waals surface area contributed by atoms with Crippen molar-refractivity contribution in [1.82, 2.24) is 5.32 Å². The van der Waals surface area contributed by atoms with Gasteiger partial charge >= 0.3 is 0 Å². The summed E-state index contributed by atoms with van der Waals surface area (Å²) < 4.78 is 6.07. The molecule has 1 aromatic carbocycles. The molecule has 1 unspecified atom stereocenters. The predicted molar refractivity (Wildman–Crippen MR) is 87.7 cm³/mol. The number of ether oxygens (including phenoxy) is 1. The maximum Gasteiger partial charge on any atom is 0.123 e. The Balaban J connectivity index is 2.58. The monoisotopic (exact) mass is 277 g/mol. The van der Waals surface area contributed by atoms with E-state index in [0.717, 1.165) is 18.9 Å². The van der Waals surface area contributed by atoms with Crippen molar-refractivity contribution in [1.29, 1.82) is 0 Å². The second kappa shape index (κ2) is 7.12. The van der Waals surface area contributed by atoms with Crippen LogP contribution in [0.2, 0.25) is 0 Å². The zero-order chi connectivity index (χ0) is 15.3. The summed E-state index contributed by atoms with van der Waals surface area (Å²) in [6.45, 7) is 17.1. The first-order chi connectivity index (χ1) is 9.19. The highest BCUT2D eigenvalue weighted by Gasteiger charge is 2.13. The van der Waals surface area contributed by atoms with Crippen LogP contribution in [0.25, 0.3) is 0 Å². The molecule has 114 valence electrons. The van der Waals surface area contributed by atoms with Crippen LogP contribution < -0.4 is 10.1 Å². The van der Waals surface area contributed by atoms with E-state index in [9.17, 15) is 0 Å². The summed E-state index contributed by atoms with van der Waals surface area (Å²) >= 11 is 0. The van der Waals surface area contributed by atoms with Gasteiger partial charge in [0.1, 0.15) is 5.75 Å². The van der Waals surface area contributed by atoms with Gasteiger partial charge < -0.3 is 10.1 Å². The largest absolute Gasteiger partial charge is 0.493 e. The molecule has 0 aromatic heterocycles. The summed E-state index contributed by atoms with van der Waals surface area (Å²) in [5.41, 5.74) is 2.72. The molecule has 0 aliphatic heterocycles. The maximum absolute atomic E-state index is 6.07. The maximum atomic E-state index is 6.07. The highest BCUT2D eigenvalue weighted by Crippen LogP contribution is 2.27. The third-order valence-electron chi connectivity index (χ3n) is 3.30. The number of hydrogen-bond donors (Lipinski definition) is 1. The standard InChI is InChI=1S/C18H31NO/c1-13(2)16-9-8-14(3)10-17(16)20-12-15(4)11-19-18(5,6)7/h8-10,13,15,19H,11-12H2,1-7H3. The lowest BCUT2D eigenvalue weighted by atomic mass is 10.0. The van der Waals surface area contributed by atoms with E-state index in [1.54, 1.807) is 0 Å². The summed E-state index contributed by atoms with van der Waals surface area (Å²) in [5.74, 6) is 2.03. The lowest BCUT2D eigenvalue weighted by Crippen LogP contribution is -2.39. The van der Waals surface area contributed by atoms with E-state index in [1.165, 1.54) is 11.1 Å². The lowest BCUT2D eigenvalue weighted by molar-refractivity contribution is 0.241. The van der Waals surface area contributed by atoms with Crippen molar-refractivity contribution in [2.45, 2.75) is 59.9 Å². The molecule has 0 saturated carbocycles. The molecule has 1 rings (SSSR count). The van der Waals surface area contributed by atoms with E-state index in [0.29, 0.717) is 11.8 Å². The highest BCUT2D eigenvalue weighted by atomic mass is 16.5. The van der Waals surface area contributed by atoms with Crippen molar-refractivity contribution in [3.8, 4) is 5.75 Å². The van der Waals surface area contributed by atoms with E-state index >= 15 is 0 Å². The Bertz CT molecular complexity index is 418. The number of rotatable bonds is 6. The van der Waals surface area contributed by atoms with Crippen LogP contribution in [0.5, 0.6) is 5.75 Å². The highest BCUT2D eigenvalue weighted by molar-refractivity contribution is 5.39. The van der Waals surface area contributed by atoms with Crippen LogP contribution in [0.1, 0.15) is 58.6 Å². The third kappa shape index (κ3) is 5.96. The van der Waals surface area contributed by atoms with E-state index in [-0.39, 0.29) is 5.54 Å². The molecule has 1 atom stereocenters. The second-order valence-corrected chi connectivity index (χ2v) is 7.24. The van der Waals surface area contributed by atoms with Gasteiger partial charge in [-0.25, -0.2) is 0 Å². The normalized spacial score (nSPS) is 13.6. The summed E-state index contributed by atoms with van der Waals surface area (Å²) in [7, 11) is 0. The Kier molecular flexibility index (Phi) is 6.07. The van der Waals surface area contributed by atoms with Crippen LogP contribution in [0.15, 0.2) is 18.2 Å². The number of benzene rings is 1. The molecule has 0 radical (unpaired) electrons. The number of hydrogen-bond acceptors (Lipinski definition) is 2. The first kappa shape index (κ1) is 17.0. The van der Waals surface area contributed by atoms with Gasteiger partial charge in [0.05, 0.1) is 6.61 Å². The molecular formula is C18H31NO. The third-order valence-corrected chi connectivity index (χ3v) is 3.30. The van der Waals surface area contributed by atoms with Gasteiger partial charge in [-0.2, -0.15) is 0 Å². The van der Waals surface area contributed by atoms with E-state index in [4.69, 9.17) is 4.74 Å². The second-order valence-electron chi connectivity index (χ2n) is 7.24. The van der Waals surface area contributed by atoms with E-state index < -0.39 is 0 Å². The van der Waals surface area contributed by atoms with Gasteiger partial charge in [-0.3, -0.25) is 0 Å². The molecule has 0 fully saturated rings. The molecule has 0 saturated heterocycles.